The van der Waals surface area contributed by atoms with E-state index >= 15 is 0 Å². The third-order valence-corrected chi connectivity index (χ3v) is 3.88. The van der Waals surface area contributed by atoms with E-state index in [4.69, 9.17) is 4.42 Å². The van der Waals surface area contributed by atoms with Crippen molar-refractivity contribution in [2.45, 2.75) is 18.6 Å². The van der Waals surface area contributed by atoms with E-state index in [1.807, 2.05) is 11.6 Å². The van der Waals surface area contributed by atoms with Crippen LogP contribution < -0.4 is 10.0 Å². The molecule has 2 N–H and O–H groups in total. The van der Waals surface area contributed by atoms with E-state index in [9.17, 15) is 17.2 Å². The highest BCUT2D eigenvalue weighted by Gasteiger charge is 2.21. The maximum atomic E-state index is 13.5. The number of nitrogens with one attached hydrogen (secondary N) is 2. The van der Waals surface area contributed by atoms with Gasteiger partial charge in [0.1, 0.15) is 5.76 Å². The lowest BCUT2D eigenvalue weighted by Gasteiger charge is -2.07. The first kappa shape index (κ1) is 15.5. The van der Waals surface area contributed by atoms with Crippen LogP contribution in [0, 0.1) is 11.6 Å². The molecule has 0 atom stereocenters. The second-order valence-electron chi connectivity index (χ2n) is 4.21. The normalized spacial score (nSPS) is 11.6. The first-order chi connectivity index (χ1) is 9.94. The Morgan fingerprint density at radius 3 is 2.67 bits per heavy atom. The standard InChI is InChI=1S/C13H14F2N2O3S/c1-2-16-8-9-6-7-12(20-9)21(18,19)17-11-5-3-4-10(14)13(11)15/h3-7,16-17H,2,8H2,1H3. The van der Waals surface area contributed by atoms with Crippen LogP contribution in [0.2, 0.25) is 0 Å². The monoisotopic (exact) mass is 316 g/mol. The molecule has 2 rings (SSSR count). The molecule has 21 heavy (non-hydrogen) atoms. The maximum absolute atomic E-state index is 13.5. The van der Waals surface area contributed by atoms with Crippen molar-refractivity contribution in [2.24, 2.45) is 0 Å². The molecule has 8 heteroatoms. The molecule has 0 bridgehead atoms. The van der Waals surface area contributed by atoms with Crippen LogP contribution >= 0.6 is 0 Å². The van der Waals surface area contributed by atoms with Gasteiger partial charge >= 0.3 is 0 Å². The molecule has 0 saturated heterocycles. The zero-order valence-electron chi connectivity index (χ0n) is 11.2. The van der Waals surface area contributed by atoms with Gasteiger partial charge in [0.15, 0.2) is 11.6 Å². The third kappa shape index (κ3) is 3.59. The van der Waals surface area contributed by atoms with Gasteiger partial charge in [0.25, 0.3) is 10.0 Å². The van der Waals surface area contributed by atoms with Crippen molar-refractivity contribution >= 4 is 15.7 Å². The molecule has 1 heterocycles. The topological polar surface area (TPSA) is 71.3 Å². The summed E-state index contributed by atoms with van der Waals surface area (Å²) in [5.74, 6) is -1.97. The Kier molecular flexibility index (Phi) is 4.59. The summed E-state index contributed by atoms with van der Waals surface area (Å²) in [4.78, 5) is 0. The van der Waals surface area contributed by atoms with Gasteiger partial charge < -0.3 is 9.73 Å². The van der Waals surface area contributed by atoms with Gasteiger partial charge in [-0.1, -0.05) is 13.0 Å². The van der Waals surface area contributed by atoms with Crippen molar-refractivity contribution in [1.82, 2.24) is 5.32 Å². The van der Waals surface area contributed by atoms with E-state index in [1.54, 1.807) is 0 Å². The first-order valence-electron chi connectivity index (χ1n) is 6.20. The molecule has 0 aliphatic carbocycles. The molecule has 0 spiro atoms. The van der Waals surface area contributed by atoms with E-state index < -0.39 is 27.3 Å². The van der Waals surface area contributed by atoms with Crippen molar-refractivity contribution in [3.05, 3.63) is 47.7 Å². The largest absolute Gasteiger partial charge is 0.446 e. The fraction of sp³-hybridized carbons (Fsp3) is 0.231. The SMILES string of the molecule is CCNCc1ccc(S(=O)(=O)Nc2cccc(F)c2F)o1. The summed E-state index contributed by atoms with van der Waals surface area (Å²) in [6.07, 6.45) is 0. The zero-order valence-corrected chi connectivity index (χ0v) is 12.0. The molecule has 0 amide bonds. The zero-order chi connectivity index (χ0) is 15.5. The molecule has 1 aromatic heterocycles. The molecule has 0 fully saturated rings. The van der Waals surface area contributed by atoms with E-state index in [1.165, 1.54) is 18.2 Å². The highest BCUT2D eigenvalue weighted by molar-refractivity contribution is 7.92. The number of halogens is 2. The summed E-state index contributed by atoms with van der Waals surface area (Å²) in [5.41, 5.74) is -0.473. The second-order valence-corrected chi connectivity index (χ2v) is 5.82. The van der Waals surface area contributed by atoms with E-state index in [2.05, 4.69) is 5.32 Å². The van der Waals surface area contributed by atoms with Crippen LogP contribution in [0.4, 0.5) is 14.5 Å². The summed E-state index contributed by atoms with van der Waals surface area (Å²) in [5, 5.41) is 2.62. The summed E-state index contributed by atoms with van der Waals surface area (Å²) < 4.78 is 57.7. The van der Waals surface area contributed by atoms with E-state index in [0.717, 1.165) is 12.1 Å². The Morgan fingerprint density at radius 1 is 1.19 bits per heavy atom. The highest BCUT2D eigenvalue weighted by Crippen LogP contribution is 2.22. The van der Waals surface area contributed by atoms with Crippen molar-refractivity contribution in [1.29, 1.82) is 0 Å². The maximum Gasteiger partial charge on any atom is 0.295 e. The number of hydrogen-bond acceptors (Lipinski definition) is 4. The molecule has 114 valence electrons. The van der Waals surface area contributed by atoms with Gasteiger partial charge in [-0.25, -0.2) is 8.78 Å². The van der Waals surface area contributed by atoms with Crippen LogP contribution in [-0.2, 0) is 16.6 Å². The predicted octanol–water partition coefficient (Wildman–Crippen LogP) is 2.47. The van der Waals surface area contributed by atoms with Crippen LogP contribution in [0.3, 0.4) is 0 Å². The van der Waals surface area contributed by atoms with Crippen LogP contribution in [0.1, 0.15) is 12.7 Å². The smallest absolute Gasteiger partial charge is 0.295 e. The first-order valence-corrected chi connectivity index (χ1v) is 7.68. The van der Waals surface area contributed by atoms with Crippen molar-refractivity contribution in [2.75, 3.05) is 11.3 Å². The molecule has 0 aliphatic rings. The quantitative estimate of drug-likeness (QED) is 0.859. The number of sulfonamides is 1. The number of benzene rings is 1. The van der Waals surface area contributed by atoms with Gasteiger partial charge in [-0.15, -0.1) is 0 Å². The van der Waals surface area contributed by atoms with Gasteiger partial charge in [-0.2, -0.15) is 8.42 Å². The van der Waals surface area contributed by atoms with Crippen molar-refractivity contribution < 1.29 is 21.6 Å². The molecule has 1 aromatic carbocycles. The molecule has 2 aromatic rings. The van der Waals surface area contributed by atoms with Gasteiger partial charge in [0.2, 0.25) is 5.09 Å². The Hall–Kier alpha value is -1.93. The second kappa shape index (κ2) is 6.23. The molecular weight excluding hydrogens is 302 g/mol. The van der Waals surface area contributed by atoms with E-state index in [0.29, 0.717) is 18.8 Å². The van der Waals surface area contributed by atoms with Gasteiger partial charge in [-0.05, 0) is 30.8 Å². The minimum atomic E-state index is -4.11. The lowest BCUT2D eigenvalue weighted by atomic mass is 10.3. The Morgan fingerprint density at radius 2 is 1.95 bits per heavy atom. The molecule has 0 radical (unpaired) electrons. The molecular formula is C13H14F2N2O3S. The Balaban J connectivity index is 2.22. The molecule has 5 nitrogen and oxygen atoms in total. The summed E-state index contributed by atoms with van der Waals surface area (Å²) in [6.45, 7) is 2.98. The highest BCUT2D eigenvalue weighted by atomic mass is 32.2. The minimum Gasteiger partial charge on any atom is -0.446 e. The summed E-state index contributed by atoms with van der Waals surface area (Å²) in [7, 11) is -4.11. The van der Waals surface area contributed by atoms with Crippen LogP contribution in [-0.4, -0.2) is 15.0 Å². The fourth-order valence-corrected chi connectivity index (χ4v) is 2.64. The average Bonchev–Trinajstić information content (AvgIpc) is 2.91. The molecule has 0 saturated carbocycles. The average molecular weight is 316 g/mol. The Bertz CT molecular complexity index is 729. The molecule has 0 aliphatic heterocycles. The molecule has 0 unspecified atom stereocenters. The number of anilines is 1. The number of hydrogen-bond donors (Lipinski definition) is 2. The minimum absolute atomic E-state index is 0.362. The summed E-state index contributed by atoms with van der Waals surface area (Å²) >= 11 is 0. The van der Waals surface area contributed by atoms with Crippen LogP contribution in [0.25, 0.3) is 0 Å². The summed E-state index contributed by atoms with van der Waals surface area (Å²) in [6, 6.07) is 5.98. The van der Waals surface area contributed by atoms with Gasteiger partial charge in [0, 0.05) is 0 Å². The van der Waals surface area contributed by atoms with Crippen molar-refractivity contribution in [3.63, 3.8) is 0 Å². The van der Waals surface area contributed by atoms with Gasteiger partial charge in [0.05, 0.1) is 12.2 Å². The van der Waals surface area contributed by atoms with Crippen LogP contribution in [0.15, 0.2) is 39.8 Å². The number of furan rings is 1. The lowest BCUT2D eigenvalue weighted by Crippen LogP contribution is -2.14. The van der Waals surface area contributed by atoms with E-state index in [-0.39, 0.29) is 5.09 Å². The fourth-order valence-electron chi connectivity index (χ4n) is 1.62. The van der Waals surface area contributed by atoms with Crippen LogP contribution in [0.5, 0.6) is 0 Å². The number of rotatable bonds is 6. The van der Waals surface area contributed by atoms with Crippen molar-refractivity contribution in [3.8, 4) is 0 Å². The van der Waals surface area contributed by atoms with Gasteiger partial charge in [-0.3, -0.25) is 4.72 Å². The third-order valence-electron chi connectivity index (χ3n) is 2.65. The Labute approximate surface area is 121 Å². The predicted molar refractivity (Wildman–Crippen MR) is 73.3 cm³/mol. The lowest BCUT2D eigenvalue weighted by molar-refractivity contribution is 0.405.